The molecule has 7 nitrogen and oxygen atoms in total. The number of carbonyl (C=O) groups is 2. The Morgan fingerprint density at radius 1 is 1.07 bits per heavy atom. The molecule has 0 spiro atoms. The summed E-state index contributed by atoms with van der Waals surface area (Å²) >= 11 is 11.8. The number of carbonyl (C=O) groups excluding carboxylic acids is 2. The van der Waals surface area contributed by atoms with Crippen molar-refractivity contribution in [1.82, 2.24) is 9.36 Å². The van der Waals surface area contributed by atoms with Crippen LogP contribution in [0.1, 0.15) is 23.0 Å². The number of aromatic nitrogens is 2. The van der Waals surface area contributed by atoms with Crippen LogP contribution in [0.15, 0.2) is 53.3 Å². The van der Waals surface area contributed by atoms with Crippen molar-refractivity contribution < 1.29 is 14.3 Å². The molecule has 2 aromatic carbocycles. The lowest BCUT2D eigenvalue weighted by atomic mass is 10.2. The van der Waals surface area contributed by atoms with Crippen LogP contribution in [-0.4, -0.2) is 27.3 Å². The fraction of sp³-hybridized carbons (Fsp3) is 0.190. The van der Waals surface area contributed by atoms with Crippen molar-refractivity contribution in [2.24, 2.45) is 7.05 Å². The van der Waals surface area contributed by atoms with Crippen molar-refractivity contribution in [3.05, 3.63) is 80.2 Å². The highest BCUT2D eigenvalue weighted by atomic mass is 35.5. The summed E-state index contributed by atoms with van der Waals surface area (Å²) < 4.78 is 8.27. The quantitative estimate of drug-likeness (QED) is 0.599. The lowest BCUT2D eigenvalue weighted by Gasteiger charge is -2.13. The summed E-state index contributed by atoms with van der Waals surface area (Å²) in [5.74, 6) is -1.39. The van der Waals surface area contributed by atoms with Crippen molar-refractivity contribution in [3.63, 3.8) is 0 Å². The number of hydrogen-bond acceptors (Lipinski definition) is 4. The van der Waals surface area contributed by atoms with E-state index in [1.54, 1.807) is 30.8 Å². The summed E-state index contributed by atoms with van der Waals surface area (Å²) in [7, 11) is 1.71. The Kier molecular flexibility index (Phi) is 6.34. The van der Waals surface area contributed by atoms with Gasteiger partial charge in [-0.25, -0.2) is 9.48 Å². The third-order valence-electron chi connectivity index (χ3n) is 4.55. The normalized spacial score (nSPS) is 11.8. The molecule has 1 atom stereocenters. The van der Waals surface area contributed by atoms with E-state index in [9.17, 15) is 14.4 Å². The minimum atomic E-state index is -1.15. The maximum absolute atomic E-state index is 12.9. The van der Waals surface area contributed by atoms with Gasteiger partial charge in [0.2, 0.25) is 0 Å². The van der Waals surface area contributed by atoms with Gasteiger partial charge in [0.1, 0.15) is 5.69 Å². The van der Waals surface area contributed by atoms with Gasteiger partial charge in [-0.3, -0.25) is 14.3 Å². The molecule has 9 heteroatoms. The van der Waals surface area contributed by atoms with Crippen LogP contribution in [0, 0.1) is 6.92 Å². The Morgan fingerprint density at radius 2 is 1.67 bits per heavy atom. The molecule has 1 N–H and O–H groups in total. The number of nitrogens with zero attached hydrogens (tertiary/aromatic N) is 2. The maximum atomic E-state index is 12.9. The molecule has 0 saturated carbocycles. The molecule has 0 unspecified atom stereocenters. The minimum Gasteiger partial charge on any atom is -0.449 e. The van der Waals surface area contributed by atoms with Crippen molar-refractivity contribution in [1.29, 1.82) is 0 Å². The molecule has 0 fully saturated rings. The highest BCUT2D eigenvalue weighted by molar-refractivity contribution is 6.35. The average molecular weight is 448 g/mol. The van der Waals surface area contributed by atoms with E-state index in [4.69, 9.17) is 27.9 Å². The van der Waals surface area contributed by atoms with Gasteiger partial charge in [-0.1, -0.05) is 41.4 Å². The zero-order valence-electron chi connectivity index (χ0n) is 16.5. The molecule has 0 aliphatic rings. The third-order valence-corrected chi connectivity index (χ3v) is 4.99. The first-order valence-corrected chi connectivity index (χ1v) is 9.76. The Labute approximate surface area is 182 Å². The number of ether oxygens (including phenoxy) is 1. The van der Waals surface area contributed by atoms with Gasteiger partial charge in [0, 0.05) is 17.1 Å². The van der Waals surface area contributed by atoms with Crippen LogP contribution >= 0.6 is 23.2 Å². The molecular weight excluding hydrogens is 429 g/mol. The number of rotatable bonds is 5. The van der Waals surface area contributed by atoms with Crippen LogP contribution in [0.5, 0.6) is 0 Å². The second-order valence-electron chi connectivity index (χ2n) is 6.63. The fourth-order valence-corrected chi connectivity index (χ4v) is 3.42. The number of halogens is 2. The lowest BCUT2D eigenvalue weighted by Crippen LogP contribution is -2.32. The first kappa shape index (κ1) is 21.7. The molecule has 0 aliphatic carbocycles. The molecule has 0 radical (unpaired) electrons. The van der Waals surface area contributed by atoms with Crippen molar-refractivity contribution in [2.45, 2.75) is 20.0 Å². The predicted octanol–water partition coefficient (Wildman–Crippen LogP) is 3.98. The van der Waals surface area contributed by atoms with E-state index in [2.05, 4.69) is 5.32 Å². The highest BCUT2D eigenvalue weighted by Crippen LogP contribution is 2.20. The second kappa shape index (κ2) is 8.77. The summed E-state index contributed by atoms with van der Waals surface area (Å²) in [5.41, 5.74) is 1.05. The monoisotopic (exact) mass is 447 g/mol. The minimum absolute atomic E-state index is 0.111. The zero-order chi connectivity index (χ0) is 22.0. The van der Waals surface area contributed by atoms with Gasteiger partial charge in [-0.05, 0) is 44.2 Å². The van der Waals surface area contributed by atoms with Gasteiger partial charge < -0.3 is 10.1 Å². The SMILES string of the molecule is Cc1c(NC(=O)[C@@H](C)OC(=O)c2cc(Cl)cc(Cl)c2)c(=O)n(-c2ccccc2)n1C. The number of hydrogen-bond donors (Lipinski definition) is 1. The largest absolute Gasteiger partial charge is 0.449 e. The van der Waals surface area contributed by atoms with Crippen LogP contribution in [-0.2, 0) is 16.6 Å². The first-order valence-electron chi connectivity index (χ1n) is 9.01. The van der Waals surface area contributed by atoms with E-state index in [0.29, 0.717) is 11.4 Å². The number of esters is 1. The van der Waals surface area contributed by atoms with Crippen LogP contribution in [0.3, 0.4) is 0 Å². The fourth-order valence-electron chi connectivity index (χ4n) is 2.89. The summed E-state index contributed by atoms with van der Waals surface area (Å²) in [6.45, 7) is 3.12. The van der Waals surface area contributed by atoms with Crippen LogP contribution in [0.4, 0.5) is 5.69 Å². The van der Waals surface area contributed by atoms with E-state index < -0.39 is 23.5 Å². The van der Waals surface area contributed by atoms with Crippen molar-refractivity contribution in [2.75, 3.05) is 5.32 Å². The molecule has 1 heterocycles. The van der Waals surface area contributed by atoms with E-state index in [1.807, 2.05) is 18.2 Å². The van der Waals surface area contributed by atoms with Crippen LogP contribution in [0.25, 0.3) is 5.69 Å². The van der Waals surface area contributed by atoms with Gasteiger partial charge in [-0.15, -0.1) is 0 Å². The summed E-state index contributed by atoms with van der Waals surface area (Å²) in [5, 5.41) is 3.11. The van der Waals surface area contributed by atoms with Crippen LogP contribution < -0.4 is 10.9 Å². The standard InChI is InChI=1S/C21H19Cl2N3O4/c1-12-18(20(28)26(25(12)3)17-7-5-4-6-8-17)24-19(27)13(2)30-21(29)14-9-15(22)11-16(23)10-14/h4-11,13H,1-3H3,(H,24,27)/t13-/m1/s1. The van der Waals surface area contributed by atoms with Gasteiger partial charge in [0.15, 0.2) is 6.10 Å². The summed E-state index contributed by atoms with van der Waals surface area (Å²) in [6.07, 6.45) is -1.15. The Hall–Kier alpha value is -3.03. The number of amides is 1. The Bertz CT molecular complexity index is 1150. The van der Waals surface area contributed by atoms with Crippen molar-refractivity contribution in [3.8, 4) is 5.69 Å². The highest BCUT2D eigenvalue weighted by Gasteiger charge is 2.24. The second-order valence-corrected chi connectivity index (χ2v) is 7.50. The third kappa shape index (κ3) is 4.42. The molecule has 30 heavy (non-hydrogen) atoms. The molecule has 1 aromatic heterocycles. The first-order chi connectivity index (χ1) is 14.2. The van der Waals surface area contributed by atoms with Gasteiger partial charge >= 0.3 is 5.97 Å². The molecule has 156 valence electrons. The Balaban J connectivity index is 1.79. The predicted molar refractivity (Wildman–Crippen MR) is 116 cm³/mol. The van der Waals surface area contributed by atoms with Crippen molar-refractivity contribution >= 4 is 40.8 Å². The van der Waals surface area contributed by atoms with Gasteiger partial charge in [0.25, 0.3) is 11.5 Å². The molecule has 0 bridgehead atoms. The molecule has 3 aromatic rings. The van der Waals surface area contributed by atoms with E-state index in [-0.39, 0.29) is 21.3 Å². The number of para-hydroxylation sites is 1. The lowest BCUT2D eigenvalue weighted by molar-refractivity contribution is -0.123. The maximum Gasteiger partial charge on any atom is 0.339 e. The van der Waals surface area contributed by atoms with E-state index in [0.717, 1.165) is 0 Å². The molecular formula is C21H19Cl2N3O4. The van der Waals surface area contributed by atoms with Crippen LogP contribution in [0.2, 0.25) is 10.0 Å². The average Bonchev–Trinajstić information content (AvgIpc) is 2.91. The molecule has 0 saturated heterocycles. The van der Waals surface area contributed by atoms with Gasteiger partial charge in [0.05, 0.1) is 16.9 Å². The number of benzene rings is 2. The topological polar surface area (TPSA) is 82.3 Å². The smallest absolute Gasteiger partial charge is 0.339 e. The Morgan fingerprint density at radius 3 is 2.27 bits per heavy atom. The van der Waals surface area contributed by atoms with E-state index >= 15 is 0 Å². The summed E-state index contributed by atoms with van der Waals surface area (Å²) in [4.78, 5) is 37.8. The van der Waals surface area contributed by atoms with E-state index in [1.165, 1.54) is 29.8 Å². The molecule has 3 rings (SSSR count). The van der Waals surface area contributed by atoms with Gasteiger partial charge in [-0.2, -0.15) is 0 Å². The zero-order valence-corrected chi connectivity index (χ0v) is 18.0. The number of anilines is 1. The molecule has 0 aliphatic heterocycles. The number of nitrogens with one attached hydrogen (secondary N) is 1. The molecule has 1 amide bonds. The summed E-state index contributed by atoms with van der Waals surface area (Å²) in [6, 6.07) is 13.3.